The summed E-state index contributed by atoms with van der Waals surface area (Å²) in [6.07, 6.45) is 1.79. The summed E-state index contributed by atoms with van der Waals surface area (Å²) in [7, 11) is 0. The second-order valence-corrected chi connectivity index (χ2v) is 4.39. The van der Waals surface area contributed by atoms with Crippen molar-refractivity contribution in [1.29, 1.82) is 0 Å². The Hall–Kier alpha value is -1.71. The first kappa shape index (κ1) is 14.4. The van der Waals surface area contributed by atoms with Crippen LogP contribution < -0.4 is 11.1 Å². The fourth-order valence-corrected chi connectivity index (χ4v) is 1.50. The number of rotatable bonds is 6. The van der Waals surface area contributed by atoms with Gasteiger partial charge in [0.1, 0.15) is 0 Å². The smallest absolute Gasteiger partial charge is 0.340 e. The van der Waals surface area contributed by atoms with Gasteiger partial charge in [0.2, 0.25) is 0 Å². The molecule has 100 valence electrons. The molecule has 0 aliphatic carbocycles. The number of nitrogen functional groups attached to an aromatic ring is 1. The number of ether oxygens (including phenoxy) is 1. The molecule has 0 aliphatic heterocycles. The highest BCUT2D eigenvalue weighted by Gasteiger charge is 2.14. The third-order valence-electron chi connectivity index (χ3n) is 2.72. The summed E-state index contributed by atoms with van der Waals surface area (Å²) in [6, 6.07) is 5.56. The van der Waals surface area contributed by atoms with E-state index in [9.17, 15) is 4.79 Å². The first-order valence-electron chi connectivity index (χ1n) is 6.41. The molecule has 0 radical (unpaired) electrons. The molecule has 0 saturated carbocycles. The molecule has 1 atom stereocenters. The van der Waals surface area contributed by atoms with E-state index < -0.39 is 0 Å². The molecule has 3 N–H and O–H groups in total. The fourth-order valence-electron chi connectivity index (χ4n) is 1.50. The summed E-state index contributed by atoms with van der Waals surface area (Å²) in [5.74, 6) is -0.324. The van der Waals surface area contributed by atoms with Crippen molar-refractivity contribution in [2.45, 2.75) is 39.7 Å². The van der Waals surface area contributed by atoms with Crippen molar-refractivity contribution in [3.8, 4) is 0 Å². The normalized spacial score (nSPS) is 11.9. The Kier molecular flexibility index (Phi) is 5.49. The van der Waals surface area contributed by atoms with Crippen LogP contribution in [0.4, 0.5) is 11.4 Å². The lowest BCUT2D eigenvalue weighted by atomic mass is 10.1. The molecule has 0 aliphatic rings. The first-order valence-corrected chi connectivity index (χ1v) is 6.41. The van der Waals surface area contributed by atoms with Gasteiger partial charge in [-0.2, -0.15) is 0 Å². The van der Waals surface area contributed by atoms with E-state index in [1.54, 1.807) is 12.1 Å². The van der Waals surface area contributed by atoms with Gasteiger partial charge in [0, 0.05) is 17.4 Å². The maximum atomic E-state index is 11.9. The number of nitrogens with one attached hydrogen (secondary N) is 1. The quantitative estimate of drug-likeness (QED) is 0.601. The predicted octanol–water partition coefficient (Wildman–Crippen LogP) is 3.05. The molecular weight excluding hydrogens is 228 g/mol. The van der Waals surface area contributed by atoms with Crippen LogP contribution >= 0.6 is 0 Å². The Morgan fingerprint density at radius 2 is 2.17 bits per heavy atom. The lowest BCUT2D eigenvalue weighted by Crippen LogP contribution is -2.17. The minimum Gasteiger partial charge on any atom is -0.462 e. The average molecular weight is 250 g/mol. The highest BCUT2D eigenvalue weighted by Crippen LogP contribution is 2.21. The Morgan fingerprint density at radius 1 is 1.44 bits per heavy atom. The van der Waals surface area contributed by atoms with Gasteiger partial charge in [-0.15, -0.1) is 0 Å². The van der Waals surface area contributed by atoms with Crippen LogP contribution in [0.2, 0.25) is 0 Å². The third kappa shape index (κ3) is 3.95. The molecule has 0 heterocycles. The molecule has 4 nitrogen and oxygen atoms in total. The summed E-state index contributed by atoms with van der Waals surface area (Å²) >= 11 is 0. The molecule has 1 aromatic carbocycles. The molecule has 1 rings (SSSR count). The van der Waals surface area contributed by atoms with Gasteiger partial charge in [-0.25, -0.2) is 4.79 Å². The molecule has 1 aromatic rings. The van der Waals surface area contributed by atoms with Crippen LogP contribution in [0.25, 0.3) is 0 Å². The van der Waals surface area contributed by atoms with E-state index in [4.69, 9.17) is 10.5 Å². The van der Waals surface area contributed by atoms with Gasteiger partial charge in [-0.05, 0) is 38.0 Å². The number of benzene rings is 1. The lowest BCUT2D eigenvalue weighted by molar-refractivity contribution is 0.0506. The van der Waals surface area contributed by atoms with Crippen molar-refractivity contribution in [3.63, 3.8) is 0 Å². The summed E-state index contributed by atoms with van der Waals surface area (Å²) in [5.41, 5.74) is 7.57. The molecule has 0 saturated heterocycles. The minimum absolute atomic E-state index is 0.298. The SMILES string of the molecule is CCCOC(=O)c1cc(N)ccc1N[C@@H](C)CC. The van der Waals surface area contributed by atoms with Crippen LogP contribution in [0.1, 0.15) is 44.0 Å². The van der Waals surface area contributed by atoms with Crippen molar-refractivity contribution in [2.24, 2.45) is 0 Å². The summed E-state index contributed by atoms with van der Waals surface area (Å²) in [6.45, 7) is 6.54. The number of hydrogen-bond acceptors (Lipinski definition) is 4. The van der Waals surface area contributed by atoms with Crippen LogP contribution in [-0.4, -0.2) is 18.6 Å². The van der Waals surface area contributed by atoms with E-state index in [1.165, 1.54) is 0 Å². The van der Waals surface area contributed by atoms with E-state index in [0.29, 0.717) is 23.9 Å². The highest BCUT2D eigenvalue weighted by molar-refractivity contribution is 5.96. The Morgan fingerprint density at radius 3 is 2.78 bits per heavy atom. The minimum atomic E-state index is -0.324. The Bertz CT molecular complexity index is 405. The molecular formula is C14H22N2O2. The fraction of sp³-hybridized carbons (Fsp3) is 0.500. The summed E-state index contributed by atoms with van der Waals surface area (Å²) in [5, 5.41) is 3.29. The molecule has 4 heteroatoms. The lowest BCUT2D eigenvalue weighted by Gasteiger charge is -2.16. The van der Waals surface area contributed by atoms with Gasteiger partial charge in [0.25, 0.3) is 0 Å². The predicted molar refractivity (Wildman–Crippen MR) is 74.8 cm³/mol. The maximum Gasteiger partial charge on any atom is 0.340 e. The maximum absolute atomic E-state index is 11.9. The van der Waals surface area contributed by atoms with Crippen molar-refractivity contribution in [1.82, 2.24) is 0 Å². The molecule has 0 unspecified atom stereocenters. The molecule has 0 spiro atoms. The first-order chi connectivity index (χ1) is 8.58. The van der Waals surface area contributed by atoms with Gasteiger partial charge in [-0.3, -0.25) is 0 Å². The Labute approximate surface area is 109 Å². The van der Waals surface area contributed by atoms with Crippen LogP contribution in [0.3, 0.4) is 0 Å². The van der Waals surface area contributed by atoms with E-state index >= 15 is 0 Å². The van der Waals surface area contributed by atoms with E-state index in [1.807, 2.05) is 13.0 Å². The summed E-state index contributed by atoms with van der Waals surface area (Å²) < 4.78 is 5.15. The molecule has 0 fully saturated rings. The number of carbonyl (C=O) groups is 1. The number of hydrogen-bond donors (Lipinski definition) is 2. The number of carbonyl (C=O) groups excluding carboxylic acids is 1. The third-order valence-corrected chi connectivity index (χ3v) is 2.72. The Balaban J connectivity index is 2.92. The van der Waals surface area contributed by atoms with Gasteiger partial charge >= 0.3 is 5.97 Å². The number of nitrogens with two attached hydrogens (primary N) is 1. The van der Waals surface area contributed by atoms with Crippen molar-refractivity contribution in [2.75, 3.05) is 17.7 Å². The van der Waals surface area contributed by atoms with Crippen LogP contribution in [0.15, 0.2) is 18.2 Å². The topological polar surface area (TPSA) is 64.3 Å². The standard InChI is InChI=1S/C14H22N2O2/c1-4-8-18-14(17)12-9-11(15)6-7-13(12)16-10(3)5-2/h6-7,9-10,16H,4-5,8,15H2,1-3H3/t10-/m0/s1. The van der Waals surface area contributed by atoms with E-state index in [-0.39, 0.29) is 5.97 Å². The van der Waals surface area contributed by atoms with Crippen LogP contribution in [0, 0.1) is 0 Å². The zero-order valence-electron chi connectivity index (χ0n) is 11.3. The van der Waals surface area contributed by atoms with Gasteiger partial charge in [0.05, 0.1) is 12.2 Å². The zero-order chi connectivity index (χ0) is 13.5. The summed E-state index contributed by atoms with van der Waals surface area (Å²) in [4.78, 5) is 11.9. The second kappa shape index (κ2) is 6.89. The largest absolute Gasteiger partial charge is 0.462 e. The molecule has 18 heavy (non-hydrogen) atoms. The van der Waals surface area contributed by atoms with Crippen LogP contribution in [0.5, 0.6) is 0 Å². The molecule has 0 bridgehead atoms. The highest BCUT2D eigenvalue weighted by atomic mass is 16.5. The van der Waals surface area contributed by atoms with Gasteiger partial charge < -0.3 is 15.8 Å². The van der Waals surface area contributed by atoms with Gasteiger partial charge in [-0.1, -0.05) is 13.8 Å². The molecule has 0 amide bonds. The van der Waals surface area contributed by atoms with Crippen molar-refractivity contribution in [3.05, 3.63) is 23.8 Å². The zero-order valence-corrected chi connectivity index (χ0v) is 11.3. The van der Waals surface area contributed by atoms with Crippen molar-refractivity contribution >= 4 is 17.3 Å². The van der Waals surface area contributed by atoms with Crippen molar-refractivity contribution < 1.29 is 9.53 Å². The number of esters is 1. The number of anilines is 2. The molecule has 0 aromatic heterocycles. The van der Waals surface area contributed by atoms with Crippen LogP contribution in [-0.2, 0) is 4.74 Å². The van der Waals surface area contributed by atoms with E-state index in [2.05, 4.69) is 19.2 Å². The monoisotopic (exact) mass is 250 g/mol. The van der Waals surface area contributed by atoms with E-state index in [0.717, 1.165) is 18.5 Å². The second-order valence-electron chi connectivity index (χ2n) is 4.39. The van der Waals surface area contributed by atoms with Gasteiger partial charge in [0.15, 0.2) is 0 Å². The average Bonchev–Trinajstić information content (AvgIpc) is 2.37.